The third-order valence-electron chi connectivity index (χ3n) is 3.98. The highest BCUT2D eigenvalue weighted by atomic mass is 16.6. The Labute approximate surface area is 160 Å². The van der Waals surface area contributed by atoms with Crippen molar-refractivity contribution < 1.29 is 24.0 Å². The maximum atomic E-state index is 12.0. The van der Waals surface area contributed by atoms with Crippen LogP contribution in [0.1, 0.15) is 27.0 Å². The zero-order chi connectivity index (χ0) is 20.8. The summed E-state index contributed by atoms with van der Waals surface area (Å²) in [6.07, 6.45) is 0. The van der Waals surface area contributed by atoms with Gasteiger partial charge in [-0.15, -0.1) is 0 Å². The van der Waals surface area contributed by atoms with Crippen LogP contribution in [0.5, 0.6) is 0 Å². The summed E-state index contributed by atoms with van der Waals surface area (Å²) in [5, 5.41) is 15.3. The van der Waals surface area contributed by atoms with E-state index < -0.39 is 29.4 Å². The van der Waals surface area contributed by atoms with E-state index in [1.54, 1.807) is 12.1 Å². The highest BCUT2D eigenvalue weighted by Crippen LogP contribution is 2.19. The third-order valence-corrected chi connectivity index (χ3v) is 3.98. The number of carbonyl (C=O) groups is 3. The number of urea groups is 1. The summed E-state index contributed by atoms with van der Waals surface area (Å²) < 4.78 is 4.83. The largest absolute Gasteiger partial charge is 0.452 e. The molecule has 0 atom stereocenters. The molecule has 2 aromatic carbocycles. The van der Waals surface area contributed by atoms with Gasteiger partial charge in [-0.2, -0.15) is 0 Å². The molecule has 146 valence electrons. The highest BCUT2D eigenvalue weighted by Gasteiger charge is 2.16. The molecule has 2 rings (SSSR count). The number of nitrogens with one attached hydrogen (secondary N) is 2. The fourth-order valence-corrected chi connectivity index (χ4v) is 2.35. The number of aryl methyl sites for hydroxylation is 3. The number of ether oxygens (including phenoxy) is 1. The van der Waals surface area contributed by atoms with Gasteiger partial charge in [0.05, 0.1) is 10.5 Å². The molecule has 0 aliphatic carbocycles. The molecule has 0 fully saturated rings. The zero-order valence-electron chi connectivity index (χ0n) is 15.6. The van der Waals surface area contributed by atoms with Gasteiger partial charge in [0, 0.05) is 17.3 Å². The Morgan fingerprint density at radius 2 is 1.71 bits per heavy atom. The second kappa shape index (κ2) is 8.76. The second-order valence-corrected chi connectivity index (χ2v) is 6.14. The fourth-order valence-electron chi connectivity index (χ4n) is 2.35. The van der Waals surface area contributed by atoms with Gasteiger partial charge in [0.1, 0.15) is 0 Å². The number of nitro benzene ring substituents is 1. The smallest absolute Gasteiger partial charge is 0.338 e. The highest BCUT2D eigenvalue weighted by molar-refractivity contribution is 6.02. The topological polar surface area (TPSA) is 128 Å². The molecule has 0 heterocycles. The monoisotopic (exact) mass is 385 g/mol. The van der Waals surface area contributed by atoms with Crippen LogP contribution in [0.2, 0.25) is 0 Å². The third kappa shape index (κ3) is 5.37. The molecule has 0 bridgehead atoms. The maximum Gasteiger partial charge on any atom is 0.338 e. The summed E-state index contributed by atoms with van der Waals surface area (Å²) in [4.78, 5) is 45.8. The molecule has 0 saturated carbocycles. The van der Waals surface area contributed by atoms with Crippen molar-refractivity contribution >= 4 is 29.3 Å². The van der Waals surface area contributed by atoms with E-state index in [0.717, 1.165) is 11.1 Å². The van der Waals surface area contributed by atoms with E-state index in [0.29, 0.717) is 5.69 Å². The number of hydrogen-bond acceptors (Lipinski definition) is 6. The first kappa shape index (κ1) is 20.6. The number of imide groups is 1. The second-order valence-electron chi connectivity index (χ2n) is 6.14. The predicted octanol–water partition coefficient (Wildman–Crippen LogP) is 3.03. The van der Waals surface area contributed by atoms with Gasteiger partial charge in [-0.05, 0) is 56.2 Å². The average molecular weight is 385 g/mol. The summed E-state index contributed by atoms with van der Waals surface area (Å²) in [6.45, 7) is 4.64. The molecular weight excluding hydrogens is 366 g/mol. The molecule has 0 radical (unpaired) electrons. The Kier molecular flexibility index (Phi) is 6.43. The molecule has 0 aliphatic heterocycles. The number of carbonyl (C=O) groups excluding carboxylic acids is 3. The Bertz CT molecular complexity index is 955. The molecule has 2 aromatic rings. The Balaban J connectivity index is 1.86. The Hall–Kier alpha value is -3.75. The molecule has 0 unspecified atom stereocenters. The van der Waals surface area contributed by atoms with Gasteiger partial charge in [-0.3, -0.25) is 20.2 Å². The van der Waals surface area contributed by atoms with Crippen LogP contribution in [0.15, 0.2) is 36.4 Å². The van der Waals surface area contributed by atoms with Crippen LogP contribution in [0.25, 0.3) is 0 Å². The van der Waals surface area contributed by atoms with E-state index in [-0.39, 0.29) is 16.8 Å². The van der Waals surface area contributed by atoms with Gasteiger partial charge in [0.15, 0.2) is 6.61 Å². The summed E-state index contributed by atoms with van der Waals surface area (Å²) >= 11 is 0. The number of hydrogen-bond donors (Lipinski definition) is 2. The molecule has 9 heteroatoms. The van der Waals surface area contributed by atoms with Gasteiger partial charge in [-0.1, -0.05) is 6.07 Å². The van der Waals surface area contributed by atoms with E-state index in [9.17, 15) is 24.5 Å². The average Bonchev–Trinajstić information content (AvgIpc) is 2.62. The van der Waals surface area contributed by atoms with E-state index in [4.69, 9.17) is 4.74 Å². The van der Waals surface area contributed by atoms with Crippen LogP contribution >= 0.6 is 0 Å². The van der Waals surface area contributed by atoms with Crippen molar-refractivity contribution in [2.45, 2.75) is 20.8 Å². The van der Waals surface area contributed by atoms with Gasteiger partial charge in [0.2, 0.25) is 0 Å². The van der Waals surface area contributed by atoms with E-state index >= 15 is 0 Å². The van der Waals surface area contributed by atoms with E-state index in [1.165, 1.54) is 25.1 Å². The molecule has 3 amide bonds. The lowest BCUT2D eigenvalue weighted by molar-refractivity contribution is -0.385. The zero-order valence-corrected chi connectivity index (χ0v) is 15.6. The maximum absolute atomic E-state index is 12.0. The van der Waals surface area contributed by atoms with Gasteiger partial charge in [-0.25, -0.2) is 9.59 Å². The van der Waals surface area contributed by atoms with Crippen LogP contribution in [-0.4, -0.2) is 29.4 Å². The predicted molar refractivity (Wildman–Crippen MR) is 101 cm³/mol. The van der Waals surface area contributed by atoms with Crippen LogP contribution in [0.4, 0.5) is 16.2 Å². The Morgan fingerprint density at radius 3 is 2.32 bits per heavy atom. The number of nitro groups is 1. The molecule has 0 saturated heterocycles. The number of amides is 3. The quantitative estimate of drug-likeness (QED) is 0.463. The fraction of sp³-hybridized carbons (Fsp3) is 0.211. The van der Waals surface area contributed by atoms with Crippen LogP contribution in [-0.2, 0) is 9.53 Å². The normalized spacial score (nSPS) is 10.1. The summed E-state index contributed by atoms with van der Waals surface area (Å²) in [5.74, 6) is -1.64. The van der Waals surface area contributed by atoms with Crippen molar-refractivity contribution in [1.82, 2.24) is 5.32 Å². The lowest BCUT2D eigenvalue weighted by atomic mass is 10.1. The minimum atomic E-state index is -0.831. The minimum absolute atomic E-state index is 0.0653. The first-order valence-corrected chi connectivity index (χ1v) is 8.27. The van der Waals surface area contributed by atoms with E-state index in [1.807, 2.05) is 25.2 Å². The van der Waals surface area contributed by atoms with E-state index in [2.05, 4.69) is 5.32 Å². The van der Waals surface area contributed by atoms with Crippen molar-refractivity contribution in [1.29, 1.82) is 0 Å². The van der Waals surface area contributed by atoms with Gasteiger partial charge >= 0.3 is 12.0 Å². The van der Waals surface area contributed by atoms with Crippen molar-refractivity contribution in [3.8, 4) is 0 Å². The first-order chi connectivity index (χ1) is 13.2. The van der Waals surface area contributed by atoms with Crippen molar-refractivity contribution in [2.75, 3.05) is 11.9 Å². The van der Waals surface area contributed by atoms with Gasteiger partial charge < -0.3 is 10.1 Å². The molecule has 9 nitrogen and oxygen atoms in total. The number of rotatable bonds is 5. The number of nitrogens with zero attached hydrogens (tertiary/aromatic N) is 1. The lowest BCUT2D eigenvalue weighted by Crippen LogP contribution is -2.37. The minimum Gasteiger partial charge on any atom is -0.452 e. The SMILES string of the molecule is Cc1ccc(NC(=O)NC(=O)COC(=O)c2ccc([N+](=O)[O-])c(C)c2)cc1C. The molecular formula is C19H19N3O6. The molecule has 2 N–H and O–H groups in total. The van der Waals surface area contributed by atoms with Crippen molar-refractivity contribution in [3.63, 3.8) is 0 Å². The standard InChI is InChI=1S/C19H19N3O6/c1-11-4-6-15(9-12(11)2)20-19(25)21-17(23)10-28-18(24)14-5-7-16(22(26)27)13(3)8-14/h4-9H,10H2,1-3H3,(H2,20,21,23,25). The summed E-state index contributed by atoms with van der Waals surface area (Å²) in [6, 6.07) is 8.25. The number of esters is 1. The van der Waals surface area contributed by atoms with Crippen LogP contribution in [0, 0.1) is 30.9 Å². The molecule has 0 aromatic heterocycles. The number of benzene rings is 2. The number of anilines is 1. The lowest BCUT2D eigenvalue weighted by Gasteiger charge is -2.09. The molecule has 0 aliphatic rings. The van der Waals surface area contributed by atoms with Crippen LogP contribution < -0.4 is 10.6 Å². The molecule has 0 spiro atoms. The first-order valence-electron chi connectivity index (χ1n) is 8.27. The van der Waals surface area contributed by atoms with Gasteiger partial charge in [0.25, 0.3) is 11.6 Å². The Morgan fingerprint density at radius 1 is 1.00 bits per heavy atom. The molecule has 28 heavy (non-hydrogen) atoms. The van der Waals surface area contributed by atoms with Crippen molar-refractivity contribution in [2.24, 2.45) is 0 Å². The van der Waals surface area contributed by atoms with Crippen molar-refractivity contribution in [3.05, 3.63) is 68.8 Å². The van der Waals surface area contributed by atoms with Crippen LogP contribution in [0.3, 0.4) is 0 Å². The summed E-state index contributed by atoms with van der Waals surface area (Å²) in [7, 11) is 0. The summed E-state index contributed by atoms with van der Waals surface area (Å²) in [5.41, 5.74) is 2.79.